The third-order valence-corrected chi connectivity index (χ3v) is 4.45. The minimum absolute atomic E-state index is 0.0585. The van der Waals surface area contributed by atoms with Crippen molar-refractivity contribution in [2.75, 3.05) is 0 Å². The van der Waals surface area contributed by atoms with Crippen LogP contribution >= 0.6 is 15.9 Å². The van der Waals surface area contributed by atoms with Crippen molar-refractivity contribution in [2.24, 2.45) is 11.3 Å². The summed E-state index contributed by atoms with van der Waals surface area (Å²) < 4.78 is 14.5. The Labute approximate surface area is 110 Å². The Hall–Kier alpha value is -0.410. The highest BCUT2D eigenvalue weighted by Gasteiger charge is 2.49. The van der Waals surface area contributed by atoms with Gasteiger partial charge in [0.05, 0.1) is 10.1 Å². The summed E-state index contributed by atoms with van der Waals surface area (Å²) in [4.78, 5) is 0. The highest BCUT2D eigenvalue weighted by atomic mass is 79.9. The van der Waals surface area contributed by atoms with Gasteiger partial charge in [0.1, 0.15) is 5.82 Å². The predicted molar refractivity (Wildman–Crippen MR) is 70.2 cm³/mol. The molecule has 0 aliphatic heterocycles. The van der Waals surface area contributed by atoms with E-state index in [0.717, 1.165) is 6.42 Å². The molecule has 0 heterocycles. The van der Waals surface area contributed by atoms with Crippen LogP contribution in [0.2, 0.25) is 0 Å². The molecule has 0 radical (unpaired) electrons. The lowest BCUT2D eigenvalue weighted by molar-refractivity contribution is -0.00417. The van der Waals surface area contributed by atoms with Crippen LogP contribution in [0.4, 0.5) is 4.39 Å². The number of rotatable bonds is 1. The van der Waals surface area contributed by atoms with E-state index in [1.165, 1.54) is 0 Å². The van der Waals surface area contributed by atoms with E-state index in [9.17, 15) is 9.50 Å². The van der Waals surface area contributed by atoms with Crippen molar-refractivity contribution in [1.82, 2.24) is 0 Å². The summed E-state index contributed by atoms with van der Waals surface area (Å²) in [5.74, 6) is -0.263. The SMILES string of the molecule is CC1CC(C)(C)CC1(O)c1cccc(Br)c1F. The van der Waals surface area contributed by atoms with Crippen LogP contribution in [0.1, 0.15) is 39.2 Å². The van der Waals surface area contributed by atoms with Crippen LogP contribution < -0.4 is 0 Å². The third kappa shape index (κ3) is 2.15. The van der Waals surface area contributed by atoms with E-state index in [1.54, 1.807) is 18.2 Å². The molecule has 0 saturated heterocycles. The van der Waals surface area contributed by atoms with Gasteiger partial charge in [-0.1, -0.05) is 32.9 Å². The van der Waals surface area contributed by atoms with Gasteiger partial charge >= 0.3 is 0 Å². The predicted octanol–water partition coefficient (Wildman–Crippen LogP) is 4.23. The molecular weight excluding hydrogens is 283 g/mol. The van der Waals surface area contributed by atoms with Crippen LogP contribution in [-0.2, 0) is 5.60 Å². The van der Waals surface area contributed by atoms with E-state index < -0.39 is 5.60 Å². The van der Waals surface area contributed by atoms with Gasteiger partial charge in [-0.2, -0.15) is 0 Å². The first-order chi connectivity index (χ1) is 7.76. The zero-order chi connectivity index (χ0) is 12.8. The second-order valence-corrected chi connectivity index (χ2v) is 6.83. The average Bonchev–Trinajstić information content (AvgIpc) is 2.40. The molecule has 94 valence electrons. The summed E-state index contributed by atoms with van der Waals surface area (Å²) in [6.07, 6.45) is 1.52. The maximum absolute atomic E-state index is 14.1. The Kier molecular flexibility index (Phi) is 3.11. The largest absolute Gasteiger partial charge is 0.385 e. The van der Waals surface area contributed by atoms with Gasteiger partial charge in [-0.3, -0.25) is 0 Å². The second kappa shape index (κ2) is 4.06. The molecule has 2 rings (SSSR count). The number of benzene rings is 1. The summed E-state index contributed by atoms with van der Waals surface area (Å²) in [6, 6.07) is 5.13. The van der Waals surface area contributed by atoms with E-state index in [1.807, 2.05) is 6.92 Å². The molecule has 0 amide bonds. The van der Waals surface area contributed by atoms with Gasteiger partial charge in [-0.15, -0.1) is 0 Å². The number of hydrogen-bond donors (Lipinski definition) is 1. The fraction of sp³-hybridized carbons (Fsp3) is 0.571. The molecule has 2 atom stereocenters. The highest BCUT2D eigenvalue weighted by Crippen LogP contribution is 2.53. The molecule has 1 fully saturated rings. The van der Waals surface area contributed by atoms with Crippen LogP contribution in [0.5, 0.6) is 0 Å². The monoisotopic (exact) mass is 300 g/mol. The van der Waals surface area contributed by atoms with Crippen molar-refractivity contribution < 1.29 is 9.50 Å². The molecule has 1 saturated carbocycles. The van der Waals surface area contributed by atoms with Gasteiger partial charge in [0.25, 0.3) is 0 Å². The van der Waals surface area contributed by atoms with E-state index in [4.69, 9.17) is 0 Å². The van der Waals surface area contributed by atoms with Crippen LogP contribution in [0.3, 0.4) is 0 Å². The second-order valence-electron chi connectivity index (χ2n) is 5.97. The minimum Gasteiger partial charge on any atom is -0.385 e. The molecule has 1 N–H and O–H groups in total. The summed E-state index contributed by atoms with van der Waals surface area (Å²) in [5, 5.41) is 10.8. The fourth-order valence-corrected chi connectivity index (χ4v) is 3.54. The van der Waals surface area contributed by atoms with Crippen molar-refractivity contribution in [3.63, 3.8) is 0 Å². The van der Waals surface area contributed by atoms with E-state index in [-0.39, 0.29) is 17.2 Å². The van der Waals surface area contributed by atoms with Crippen LogP contribution in [0.15, 0.2) is 22.7 Å². The third-order valence-electron chi connectivity index (χ3n) is 3.84. The molecular formula is C14H18BrFO. The summed E-state index contributed by atoms with van der Waals surface area (Å²) in [7, 11) is 0. The van der Waals surface area contributed by atoms with Crippen molar-refractivity contribution in [3.8, 4) is 0 Å². The molecule has 1 aromatic carbocycles. The Morgan fingerprint density at radius 1 is 1.41 bits per heavy atom. The number of hydrogen-bond acceptors (Lipinski definition) is 1. The molecule has 1 aliphatic carbocycles. The lowest BCUT2D eigenvalue weighted by Crippen LogP contribution is -2.30. The average molecular weight is 301 g/mol. The quantitative estimate of drug-likeness (QED) is 0.823. The Bertz CT molecular complexity index is 444. The lowest BCUT2D eigenvalue weighted by atomic mass is 9.83. The molecule has 0 bridgehead atoms. The molecule has 0 aromatic heterocycles. The van der Waals surface area contributed by atoms with Gasteiger partial charge in [0.15, 0.2) is 0 Å². The maximum Gasteiger partial charge on any atom is 0.143 e. The Morgan fingerprint density at radius 2 is 2.06 bits per heavy atom. The van der Waals surface area contributed by atoms with Gasteiger partial charge in [0, 0.05) is 5.56 Å². The van der Waals surface area contributed by atoms with Crippen molar-refractivity contribution in [3.05, 3.63) is 34.1 Å². The van der Waals surface area contributed by atoms with Crippen molar-refractivity contribution in [2.45, 2.75) is 39.2 Å². The van der Waals surface area contributed by atoms with Gasteiger partial charge < -0.3 is 5.11 Å². The Balaban J connectivity index is 2.49. The van der Waals surface area contributed by atoms with Crippen LogP contribution in [0, 0.1) is 17.2 Å². The van der Waals surface area contributed by atoms with Crippen molar-refractivity contribution >= 4 is 15.9 Å². The smallest absolute Gasteiger partial charge is 0.143 e. The highest BCUT2D eigenvalue weighted by molar-refractivity contribution is 9.10. The van der Waals surface area contributed by atoms with Gasteiger partial charge in [-0.25, -0.2) is 4.39 Å². The Morgan fingerprint density at radius 3 is 2.59 bits per heavy atom. The summed E-state index contributed by atoms with van der Waals surface area (Å²) in [5.41, 5.74) is -0.565. The summed E-state index contributed by atoms with van der Waals surface area (Å²) >= 11 is 3.18. The normalized spacial score (nSPS) is 31.8. The first kappa shape index (κ1) is 13.0. The zero-order valence-corrected chi connectivity index (χ0v) is 12.0. The lowest BCUT2D eigenvalue weighted by Gasteiger charge is -2.29. The molecule has 3 heteroatoms. The number of aliphatic hydroxyl groups is 1. The molecule has 1 aliphatic rings. The molecule has 2 unspecified atom stereocenters. The fourth-order valence-electron chi connectivity index (χ4n) is 3.17. The standard InChI is InChI=1S/C14H18BrFO/c1-9-7-13(2,3)8-14(9,17)10-5-4-6-11(15)12(10)16/h4-6,9,17H,7-8H2,1-3H3. The summed E-state index contributed by atoms with van der Waals surface area (Å²) in [6.45, 7) is 6.24. The van der Waals surface area contributed by atoms with Crippen LogP contribution in [0.25, 0.3) is 0 Å². The maximum atomic E-state index is 14.1. The van der Waals surface area contributed by atoms with Gasteiger partial charge in [0.2, 0.25) is 0 Å². The first-order valence-corrected chi connectivity index (χ1v) is 6.72. The van der Waals surface area contributed by atoms with Gasteiger partial charge in [-0.05, 0) is 46.2 Å². The van der Waals surface area contributed by atoms with E-state index in [0.29, 0.717) is 16.5 Å². The minimum atomic E-state index is -1.04. The molecule has 1 nitrogen and oxygen atoms in total. The zero-order valence-electron chi connectivity index (χ0n) is 10.4. The van der Waals surface area contributed by atoms with E-state index >= 15 is 0 Å². The number of halogens is 2. The van der Waals surface area contributed by atoms with Crippen LogP contribution in [-0.4, -0.2) is 5.11 Å². The van der Waals surface area contributed by atoms with Crippen molar-refractivity contribution in [1.29, 1.82) is 0 Å². The first-order valence-electron chi connectivity index (χ1n) is 5.93. The molecule has 1 aromatic rings. The molecule has 0 spiro atoms. The topological polar surface area (TPSA) is 20.2 Å². The molecule has 17 heavy (non-hydrogen) atoms. The van der Waals surface area contributed by atoms with E-state index in [2.05, 4.69) is 29.8 Å².